The van der Waals surface area contributed by atoms with Gasteiger partial charge in [-0.1, -0.05) is 6.08 Å². The Morgan fingerprint density at radius 3 is 2.77 bits per heavy atom. The molecule has 10 heteroatoms. The quantitative estimate of drug-likeness (QED) is 0.519. The third-order valence-corrected chi connectivity index (χ3v) is 7.15. The molecule has 1 amide bonds. The molecule has 4 rings (SSSR count). The van der Waals surface area contributed by atoms with E-state index in [4.69, 9.17) is 9.72 Å². The van der Waals surface area contributed by atoms with E-state index in [2.05, 4.69) is 17.0 Å². The zero-order valence-corrected chi connectivity index (χ0v) is 17.6. The summed E-state index contributed by atoms with van der Waals surface area (Å²) in [6.45, 7) is 5.17. The van der Waals surface area contributed by atoms with Crippen LogP contribution in [0.3, 0.4) is 0 Å². The Balaban J connectivity index is 1.69. The maximum absolute atomic E-state index is 12.8. The molecule has 3 heterocycles. The molecule has 1 saturated heterocycles. The summed E-state index contributed by atoms with van der Waals surface area (Å²) < 4.78 is 30.8. The molecule has 9 nitrogen and oxygen atoms in total. The number of ether oxygens (including phenoxy) is 1. The fraction of sp³-hybridized carbons (Fsp3) is 0.500. The van der Waals surface area contributed by atoms with Crippen molar-refractivity contribution in [1.82, 2.24) is 20.1 Å². The summed E-state index contributed by atoms with van der Waals surface area (Å²) in [4.78, 5) is 29.3. The minimum atomic E-state index is -3.10. The van der Waals surface area contributed by atoms with Crippen LogP contribution >= 0.6 is 0 Å². The highest BCUT2D eigenvalue weighted by Gasteiger charge is 2.34. The minimum Gasteiger partial charge on any atom is -0.452 e. The van der Waals surface area contributed by atoms with Gasteiger partial charge in [-0.2, -0.15) is 5.10 Å². The standard InChI is InChI=1S/C20H24N4O5S/c1-3-7-21-17(25)10-29-20(26)15-9-16(13-4-5-13)22-19-18(15)12(2)23-24(19)14-6-8-30(27,28)11-14/h3,9,13-14H,1,4-8,10-11H2,2H3,(H,21,25). The van der Waals surface area contributed by atoms with Gasteiger partial charge in [0.05, 0.1) is 34.2 Å². The number of amides is 1. The molecule has 30 heavy (non-hydrogen) atoms. The summed E-state index contributed by atoms with van der Waals surface area (Å²) in [5, 5.41) is 7.63. The van der Waals surface area contributed by atoms with Crippen molar-refractivity contribution in [3.05, 3.63) is 35.7 Å². The number of carbonyl (C=O) groups is 2. The van der Waals surface area contributed by atoms with Crippen LogP contribution in [0.25, 0.3) is 11.0 Å². The van der Waals surface area contributed by atoms with Crippen LogP contribution in [-0.2, 0) is 19.4 Å². The number of hydrogen-bond acceptors (Lipinski definition) is 7. The van der Waals surface area contributed by atoms with Crippen molar-refractivity contribution in [2.75, 3.05) is 24.7 Å². The number of carbonyl (C=O) groups excluding carboxylic acids is 2. The Bertz CT molecular complexity index is 1130. The Morgan fingerprint density at radius 1 is 1.37 bits per heavy atom. The molecular weight excluding hydrogens is 408 g/mol. The monoisotopic (exact) mass is 432 g/mol. The zero-order chi connectivity index (χ0) is 21.5. The molecule has 0 aromatic carbocycles. The fourth-order valence-corrected chi connectivity index (χ4v) is 5.44. The van der Waals surface area contributed by atoms with Gasteiger partial charge in [0.25, 0.3) is 5.91 Å². The number of rotatable bonds is 7. The normalized spacial score (nSPS) is 20.2. The van der Waals surface area contributed by atoms with Crippen LogP contribution in [-0.4, -0.2) is 59.7 Å². The van der Waals surface area contributed by atoms with Crippen molar-refractivity contribution in [2.24, 2.45) is 0 Å². The second-order valence-electron chi connectivity index (χ2n) is 7.82. The van der Waals surface area contributed by atoms with Crippen LogP contribution in [0, 0.1) is 6.92 Å². The van der Waals surface area contributed by atoms with Gasteiger partial charge in [-0.3, -0.25) is 4.79 Å². The van der Waals surface area contributed by atoms with Crippen LogP contribution in [0.5, 0.6) is 0 Å². The van der Waals surface area contributed by atoms with Crippen LogP contribution in [0.4, 0.5) is 0 Å². The highest BCUT2D eigenvalue weighted by Crippen LogP contribution is 2.41. The largest absolute Gasteiger partial charge is 0.452 e. The number of fused-ring (bicyclic) bond motifs is 1. The number of esters is 1. The Morgan fingerprint density at radius 2 is 2.13 bits per heavy atom. The number of aryl methyl sites for hydroxylation is 1. The Hall–Kier alpha value is -2.75. The Labute approximate surface area is 174 Å². The lowest BCUT2D eigenvalue weighted by Crippen LogP contribution is -2.28. The van der Waals surface area contributed by atoms with Gasteiger partial charge in [0.1, 0.15) is 0 Å². The summed E-state index contributed by atoms with van der Waals surface area (Å²) in [7, 11) is -3.10. The van der Waals surface area contributed by atoms with Crippen LogP contribution in [0.1, 0.15) is 53.0 Å². The summed E-state index contributed by atoms with van der Waals surface area (Å²) in [6, 6.07) is 1.41. The summed E-state index contributed by atoms with van der Waals surface area (Å²) in [5.41, 5.74) is 2.16. The molecule has 1 atom stereocenters. The minimum absolute atomic E-state index is 0.0157. The van der Waals surface area contributed by atoms with E-state index < -0.39 is 28.3 Å². The topological polar surface area (TPSA) is 120 Å². The van der Waals surface area contributed by atoms with E-state index in [1.807, 2.05) is 0 Å². The van der Waals surface area contributed by atoms with Crippen molar-refractivity contribution in [3.8, 4) is 0 Å². The van der Waals surface area contributed by atoms with E-state index in [1.54, 1.807) is 17.7 Å². The number of sulfone groups is 1. The summed E-state index contributed by atoms with van der Waals surface area (Å²) in [5.74, 6) is -0.635. The third-order valence-electron chi connectivity index (χ3n) is 5.40. The molecule has 0 spiro atoms. The van der Waals surface area contributed by atoms with Crippen molar-refractivity contribution >= 4 is 32.7 Å². The third kappa shape index (κ3) is 4.09. The maximum atomic E-state index is 12.8. The fourth-order valence-electron chi connectivity index (χ4n) is 3.75. The van der Waals surface area contributed by atoms with Crippen LogP contribution in [0.2, 0.25) is 0 Å². The summed E-state index contributed by atoms with van der Waals surface area (Å²) in [6.07, 6.45) is 3.98. The molecule has 160 valence electrons. The molecule has 2 fully saturated rings. The molecule has 2 aromatic rings. The first-order valence-corrected chi connectivity index (χ1v) is 11.8. The van der Waals surface area contributed by atoms with E-state index in [0.717, 1.165) is 18.5 Å². The smallest absolute Gasteiger partial charge is 0.339 e. The first kappa shape index (κ1) is 20.5. The van der Waals surface area contributed by atoms with Crippen LogP contribution in [0.15, 0.2) is 18.7 Å². The molecule has 1 aliphatic carbocycles. The SMILES string of the molecule is C=CCNC(=O)COC(=O)c1cc(C2CC2)nc2c1c(C)nn2C1CCS(=O)(=O)C1. The van der Waals surface area contributed by atoms with Gasteiger partial charge in [0.15, 0.2) is 22.1 Å². The molecule has 1 saturated carbocycles. The summed E-state index contributed by atoms with van der Waals surface area (Å²) >= 11 is 0. The van der Waals surface area contributed by atoms with Gasteiger partial charge in [-0.25, -0.2) is 22.9 Å². The number of pyridine rings is 1. The predicted molar refractivity (Wildman–Crippen MR) is 110 cm³/mol. The van der Waals surface area contributed by atoms with Crippen molar-refractivity contribution in [2.45, 2.75) is 38.1 Å². The molecule has 0 radical (unpaired) electrons. The molecule has 1 aliphatic heterocycles. The zero-order valence-electron chi connectivity index (χ0n) is 16.8. The molecular formula is C20H24N4O5S. The maximum Gasteiger partial charge on any atom is 0.339 e. The van der Waals surface area contributed by atoms with E-state index in [9.17, 15) is 18.0 Å². The van der Waals surface area contributed by atoms with Gasteiger partial charge in [-0.05, 0) is 32.3 Å². The lowest BCUT2D eigenvalue weighted by atomic mass is 10.1. The van der Waals surface area contributed by atoms with Crippen LogP contribution < -0.4 is 5.32 Å². The molecule has 0 bridgehead atoms. The highest BCUT2D eigenvalue weighted by molar-refractivity contribution is 7.91. The number of nitrogens with one attached hydrogen (secondary N) is 1. The lowest BCUT2D eigenvalue weighted by molar-refractivity contribution is -0.124. The van der Waals surface area contributed by atoms with Gasteiger partial charge < -0.3 is 10.1 Å². The second-order valence-corrected chi connectivity index (χ2v) is 10.1. The average molecular weight is 433 g/mol. The molecule has 1 N–H and O–H groups in total. The number of hydrogen-bond donors (Lipinski definition) is 1. The predicted octanol–water partition coefficient (Wildman–Crippen LogP) is 1.44. The van der Waals surface area contributed by atoms with Gasteiger partial charge in [0, 0.05) is 18.2 Å². The van der Waals surface area contributed by atoms with Crippen molar-refractivity contribution in [1.29, 1.82) is 0 Å². The van der Waals surface area contributed by atoms with E-state index in [1.165, 1.54) is 6.08 Å². The molecule has 2 aromatic heterocycles. The number of nitrogens with zero attached hydrogens (tertiary/aromatic N) is 3. The number of aromatic nitrogens is 3. The second kappa shape index (κ2) is 7.82. The highest BCUT2D eigenvalue weighted by atomic mass is 32.2. The molecule has 1 unspecified atom stereocenters. The van der Waals surface area contributed by atoms with Crippen molar-refractivity contribution < 1.29 is 22.7 Å². The average Bonchev–Trinajstić information content (AvgIpc) is 3.43. The van der Waals surface area contributed by atoms with Gasteiger partial charge >= 0.3 is 5.97 Å². The van der Waals surface area contributed by atoms with Gasteiger partial charge in [0.2, 0.25) is 0 Å². The lowest BCUT2D eigenvalue weighted by Gasteiger charge is -2.12. The van der Waals surface area contributed by atoms with Gasteiger partial charge in [-0.15, -0.1) is 6.58 Å². The molecule has 2 aliphatic rings. The van der Waals surface area contributed by atoms with Crippen molar-refractivity contribution in [3.63, 3.8) is 0 Å². The van der Waals surface area contributed by atoms with E-state index in [-0.39, 0.29) is 30.0 Å². The first-order chi connectivity index (χ1) is 14.3. The van der Waals surface area contributed by atoms with E-state index >= 15 is 0 Å². The Kier molecular flexibility index (Phi) is 5.35. The first-order valence-electron chi connectivity index (χ1n) is 9.94. The van der Waals surface area contributed by atoms with E-state index in [0.29, 0.717) is 28.7 Å².